The zero-order valence-electron chi connectivity index (χ0n) is 23.6. The molecule has 1 aromatic heterocycles. The number of halogens is 4. The average molecular weight is 610 g/mol. The Bertz CT molecular complexity index is 1620. The quantitative estimate of drug-likeness (QED) is 0.131. The number of thioether (sulfide) groups is 1. The van der Waals surface area contributed by atoms with Gasteiger partial charge >= 0.3 is 6.18 Å². The third kappa shape index (κ3) is 7.01. The van der Waals surface area contributed by atoms with Crippen LogP contribution in [0.15, 0.2) is 88.8 Å². The van der Waals surface area contributed by atoms with Crippen molar-refractivity contribution in [1.82, 2.24) is 14.5 Å². The highest BCUT2D eigenvalue weighted by molar-refractivity contribution is 7.98. The molecule has 0 spiro atoms. The molecule has 224 valence electrons. The number of hydrogen-bond acceptors (Lipinski definition) is 4. The van der Waals surface area contributed by atoms with Crippen molar-refractivity contribution in [1.29, 1.82) is 0 Å². The van der Waals surface area contributed by atoms with E-state index >= 15 is 0 Å². The van der Waals surface area contributed by atoms with E-state index in [4.69, 9.17) is 0 Å². The molecule has 2 heterocycles. The Morgan fingerprint density at radius 1 is 0.907 bits per heavy atom. The number of rotatable bonds is 6. The molecule has 1 aliphatic carbocycles. The molecule has 10 heteroatoms. The van der Waals surface area contributed by atoms with Gasteiger partial charge < -0.3 is 9.47 Å². The molecule has 1 fully saturated rings. The van der Waals surface area contributed by atoms with E-state index in [0.717, 1.165) is 72.3 Å². The monoisotopic (exact) mass is 609 g/mol. The summed E-state index contributed by atoms with van der Waals surface area (Å²) < 4.78 is 52.1. The minimum atomic E-state index is -4.27. The molecule has 0 radical (unpaired) electrons. The topological polar surface area (TPSA) is 55.2 Å². The first-order valence-corrected chi connectivity index (χ1v) is 15.2. The van der Waals surface area contributed by atoms with E-state index in [1.54, 1.807) is 12.1 Å². The Labute approximate surface area is 251 Å². The fourth-order valence-electron chi connectivity index (χ4n) is 5.46. The number of carbonyl (C=O) groups excluding carboxylic acids is 1. The van der Waals surface area contributed by atoms with E-state index in [-0.39, 0.29) is 23.3 Å². The van der Waals surface area contributed by atoms with Crippen LogP contribution in [0.3, 0.4) is 0 Å². The Balaban J connectivity index is 0.000000196. The van der Waals surface area contributed by atoms with Crippen molar-refractivity contribution in [2.75, 3.05) is 13.1 Å². The summed E-state index contributed by atoms with van der Waals surface area (Å²) in [5.41, 5.74) is 3.61. The maximum absolute atomic E-state index is 13.1. The van der Waals surface area contributed by atoms with Gasteiger partial charge in [0.05, 0.1) is 5.56 Å². The summed E-state index contributed by atoms with van der Waals surface area (Å²) in [6.07, 6.45) is -1.05. The number of hydrogen-bond donors (Lipinski definition) is 0. The van der Waals surface area contributed by atoms with Crippen LogP contribution in [0.25, 0.3) is 11.1 Å². The van der Waals surface area contributed by atoms with Gasteiger partial charge in [-0.2, -0.15) is 18.2 Å². The van der Waals surface area contributed by atoms with Gasteiger partial charge in [-0.3, -0.25) is 9.59 Å². The van der Waals surface area contributed by atoms with Gasteiger partial charge in [-0.05, 0) is 73.6 Å². The zero-order chi connectivity index (χ0) is 30.6. The number of nitrogens with zero attached hydrogens (tertiary/aromatic N) is 3. The van der Waals surface area contributed by atoms with E-state index in [9.17, 15) is 27.2 Å². The minimum absolute atomic E-state index is 0.112. The average Bonchev–Trinajstić information content (AvgIpc) is 3.65. The second-order valence-corrected chi connectivity index (χ2v) is 11.4. The van der Waals surface area contributed by atoms with Crippen LogP contribution < -0.4 is 5.56 Å². The number of aromatic nitrogens is 2. The van der Waals surface area contributed by atoms with Crippen molar-refractivity contribution in [3.05, 3.63) is 117 Å². The van der Waals surface area contributed by atoms with Gasteiger partial charge in [0, 0.05) is 30.1 Å². The van der Waals surface area contributed by atoms with Crippen LogP contribution in [0.5, 0.6) is 0 Å². The smallest absolute Gasteiger partial charge is 0.341 e. The lowest BCUT2D eigenvalue weighted by atomic mass is 10.0. The van der Waals surface area contributed by atoms with Crippen LogP contribution in [0, 0.1) is 5.82 Å². The summed E-state index contributed by atoms with van der Waals surface area (Å²) in [5, 5.41) is 0.598. The summed E-state index contributed by atoms with van der Waals surface area (Å²) in [4.78, 5) is 31.5. The van der Waals surface area contributed by atoms with Crippen LogP contribution in [0.1, 0.15) is 48.2 Å². The summed E-state index contributed by atoms with van der Waals surface area (Å²) in [7, 11) is 0. The van der Waals surface area contributed by atoms with Gasteiger partial charge in [-0.25, -0.2) is 4.39 Å². The molecule has 0 saturated carbocycles. The zero-order valence-corrected chi connectivity index (χ0v) is 24.4. The van der Waals surface area contributed by atoms with Crippen molar-refractivity contribution in [3.8, 4) is 11.1 Å². The van der Waals surface area contributed by atoms with E-state index in [1.165, 1.54) is 36.0 Å². The molecule has 4 aromatic rings. The highest BCUT2D eigenvalue weighted by Gasteiger charge is 2.36. The Hall–Kier alpha value is -3.92. The van der Waals surface area contributed by atoms with E-state index in [2.05, 4.69) is 4.98 Å². The Morgan fingerprint density at radius 3 is 2.21 bits per heavy atom. The van der Waals surface area contributed by atoms with Crippen molar-refractivity contribution >= 4 is 17.7 Å². The normalized spacial score (nSPS) is 16.2. The molecule has 0 N–H and O–H groups in total. The SMILES string of the molecule is CCN1CCC(n2c(SCc3ccc(F)cc3)nc(=O)c3c2CCC3)C1=O.FC(F)(F)c1ccc(-c2ccccc2)cc1. The highest BCUT2D eigenvalue weighted by atomic mass is 32.2. The molecule has 1 unspecified atom stereocenters. The Kier molecular flexibility index (Phi) is 9.34. The third-order valence-corrected chi connectivity index (χ3v) is 8.73. The fraction of sp³-hybridized carbons (Fsp3) is 0.303. The van der Waals surface area contributed by atoms with Crippen LogP contribution >= 0.6 is 11.8 Å². The summed E-state index contributed by atoms with van der Waals surface area (Å²) in [6, 6.07) is 20.5. The van der Waals surface area contributed by atoms with Gasteiger partial charge in [0.15, 0.2) is 5.16 Å². The van der Waals surface area contributed by atoms with Gasteiger partial charge in [-0.1, -0.05) is 66.4 Å². The highest BCUT2D eigenvalue weighted by Crippen LogP contribution is 2.34. The van der Waals surface area contributed by atoms with Crippen molar-refractivity contribution in [2.45, 2.75) is 55.7 Å². The Morgan fingerprint density at radius 2 is 1.58 bits per heavy atom. The van der Waals surface area contributed by atoms with Crippen LogP contribution in [0.4, 0.5) is 17.6 Å². The van der Waals surface area contributed by atoms with Gasteiger partial charge in [-0.15, -0.1) is 0 Å². The number of amides is 1. The van der Waals surface area contributed by atoms with Crippen molar-refractivity contribution in [2.24, 2.45) is 0 Å². The molecule has 2 aliphatic rings. The molecule has 3 aromatic carbocycles. The predicted octanol–water partition coefficient (Wildman–Crippen LogP) is 7.33. The number of likely N-dealkylation sites (tertiary alicyclic amines) is 1. The van der Waals surface area contributed by atoms with Gasteiger partial charge in [0.1, 0.15) is 11.9 Å². The van der Waals surface area contributed by atoms with Gasteiger partial charge in [0.2, 0.25) is 5.91 Å². The minimum Gasteiger partial charge on any atom is -0.341 e. The van der Waals surface area contributed by atoms with E-state index in [0.29, 0.717) is 17.5 Å². The van der Waals surface area contributed by atoms with E-state index in [1.807, 2.05) is 46.7 Å². The standard InChI is InChI=1S/C20H22FN3O2S.C13H9F3/c1-2-23-11-10-17(19(23)26)24-16-5-3-4-15(16)18(25)22-20(24)27-12-13-6-8-14(21)9-7-13;14-13(15,16)12-8-6-11(7-9-12)10-4-2-1-3-5-10/h6-9,17H,2-5,10-12H2,1H3;1-9H. The van der Waals surface area contributed by atoms with Crippen molar-refractivity contribution in [3.63, 3.8) is 0 Å². The number of carbonyl (C=O) groups is 1. The van der Waals surface area contributed by atoms with E-state index < -0.39 is 11.7 Å². The largest absolute Gasteiger partial charge is 0.416 e. The third-order valence-electron chi connectivity index (χ3n) is 7.70. The molecule has 1 aliphatic heterocycles. The molecule has 6 rings (SSSR count). The first-order valence-electron chi connectivity index (χ1n) is 14.2. The number of alkyl halides is 3. The van der Waals surface area contributed by atoms with Gasteiger partial charge in [0.25, 0.3) is 5.56 Å². The molecule has 1 atom stereocenters. The first kappa shape index (κ1) is 30.5. The molecular formula is C33H31F4N3O2S. The summed E-state index contributed by atoms with van der Waals surface area (Å²) in [5.74, 6) is 0.414. The lowest BCUT2D eigenvalue weighted by molar-refractivity contribution is -0.137. The molecule has 1 saturated heterocycles. The summed E-state index contributed by atoms with van der Waals surface area (Å²) in [6.45, 7) is 3.42. The molecule has 5 nitrogen and oxygen atoms in total. The lowest BCUT2D eigenvalue weighted by Gasteiger charge is -2.22. The number of fused-ring (bicyclic) bond motifs is 1. The predicted molar refractivity (Wildman–Crippen MR) is 159 cm³/mol. The molecule has 1 amide bonds. The van der Waals surface area contributed by atoms with Crippen LogP contribution in [0.2, 0.25) is 0 Å². The molecule has 0 bridgehead atoms. The fourth-order valence-corrected chi connectivity index (χ4v) is 6.47. The van der Waals surface area contributed by atoms with Crippen LogP contribution in [-0.4, -0.2) is 33.4 Å². The second-order valence-electron chi connectivity index (χ2n) is 10.4. The maximum atomic E-state index is 13.1. The van der Waals surface area contributed by atoms with Crippen molar-refractivity contribution < 1.29 is 22.4 Å². The maximum Gasteiger partial charge on any atom is 0.416 e. The summed E-state index contributed by atoms with van der Waals surface area (Å²) >= 11 is 1.44. The molecular weight excluding hydrogens is 578 g/mol. The van der Waals surface area contributed by atoms with Crippen LogP contribution in [-0.2, 0) is 29.6 Å². The second kappa shape index (κ2) is 13.2. The molecule has 43 heavy (non-hydrogen) atoms. The number of likely N-dealkylation sites (N-methyl/N-ethyl adjacent to an activating group) is 1. The first-order chi connectivity index (χ1) is 20.7. The number of benzene rings is 3. The lowest BCUT2D eigenvalue weighted by Crippen LogP contribution is -2.31.